The summed E-state index contributed by atoms with van der Waals surface area (Å²) in [5, 5.41) is 11.8. The van der Waals surface area contributed by atoms with Crippen molar-refractivity contribution >= 4 is 5.78 Å². The molecule has 4 aliphatic carbocycles. The molecular weight excluding hydrogens is 472 g/mol. The number of benzene rings is 1. The van der Waals surface area contributed by atoms with Gasteiger partial charge in [-0.05, 0) is 66.2 Å². The van der Waals surface area contributed by atoms with Crippen LogP contribution in [0.25, 0.3) is 0 Å². The molecule has 3 saturated carbocycles. The van der Waals surface area contributed by atoms with Crippen molar-refractivity contribution in [2.75, 3.05) is 0 Å². The molecule has 1 aromatic rings. The van der Waals surface area contributed by atoms with E-state index in [0.29, 0.717) is 30.6 Å². The molecule has 1 saturated heterocycles. The summed E-state index contributed by atoms with van der Waals surface area (Å²) in [5.74, 6) is 2.23. The van der Waals surface area contributed by atoms with E-state index in [1.807, 2.05) is 6.08 Å². The Bertz CT molecular complexity index is 1280. The molecule has 202 valence electrons. The van der Waals surface area contributed by atoms with Crippen LogP contribution in [0, 0.1) is 46.3 Å². The molecule has 7 aliphatic rings. The highest BCUT2D eigenvalue weighted by Crippen LogP contribution is 2.70. The predicted molar refractivity (Wildman–Crippen MR) is 148 cm³/mol. The zero-order chi connectivity index (χ0) is 27.0. The molecule has 12 unspecified atom stereocenters. The number of rotatable bonds is 1. The number of aliphatic hydroxyl groups is 1. The molecule has 4 fully saturated rings. The summed E-state index contributed by atoms with van der Waals surface area (Å²) >= 11 is 0. The van der Waals surface area contributed by atoms with Crippen LogP contribution >= 0.6 is 0 Å². The second-order valence-corrected chi connectivity index (χ2v) is 14.4. The van der Waals surface area contributed by atoms with Crippen molar-refractivity contribution in [3.63, 3.8) is 0 Å². The fourth-order valence-corrected chi connectivity index (χ4v) is 10.8. The summed E-state index contributed by atoms with van der Waals surface area (Å²) in [6, 6.07) is 8.23. The number of ketones is 1. The van der Waals surface area contributed by atoms with E-state index in [1.54, 1.807) is 0 Å². The van der Waals surface area contributed by atoms with Crippen molar-refractivity contribution < 1.29 is 19.4 Å². The Morgan fingerprint density at radius 2 is 1.82 bits per heavy atom. The van der Waals surface area contributed by atoms with Crippen molar-refractivity contribution in [1.82, 2.24) is 0 Å². The Morgan fingerprint density at radius 1 is 1.11 bits per heavy atom. The van der Waals surface area contributed by atoms with Gasteiger partial charge in [-0.2, -0.15) is 0 Å². The fourth-order valence-electron chi connectivity index (χ4n) is 10.8. The Balaban J connectivity index is 1.48. The van der Waals surface area contributed by atoms with Gasteiger partial charge in [0, 0.05) is 36.0 Å². The van der Waals surface area contributed by atoms with E-state index in [-0.39, 0.29) is 35.1 Å². The first-order valence-electron chi connectivity index (χ1n) is 14.6. The molecule has 4 bridgehead atoms. The van der Waals surface area contributed by atoms with Gasteiger partial charge in [-0.25, -0.2) is 0 Å². The lowest BCUT2D eigenvalue weighted by Crippen LogP contribution is -2.52. The number of carbonyl (C=O) groups excluding carboxylic acids is 1. The third-order valence-electron chi connectivity index (χ3n) is 11.8. The van der Waals surface area contributed by atoms with E-state index in [4.69, 9.17) is 9.47 Å². The van der Waals surface area contributed by atoms with Crippen LogP contribution in [0.2, 0.25) is 0 Å². The molecule has 3 heterocycles. The van der Waals surface area contributed by atoms with Crippen LogP contribution < -0.4 is 4.74 Å². The SMILES string of the molecule is C=CC1(C)C=C(C)C2C3C(Oc4ccc(cc4)CC4(O)CC(=C)C5(OC45)C(=O)C31)C1C(C)CC(C)CC21C. The number of Topliss-reactive ketones (excluding diaryl/α,β-unsaturated/α-hetero) is 1. The highest BCUT2D eigenvalue weighted by Gasteiger charge is 2.79. The van der Waals surface area contributed by atoms with E-state index >= 15 is 4.79 Å². The van der Waals surface area contributed by atoms with Crippen molar-refractivity contribution in [3.8, 4) is 5.75 Å². The van der Waals surface area contributed by atoms with Crippen LogP contribution in [0.5, 0.6) is 5.75 Å². The van der Waals surface area contributed by atoms with Gasteiger partial charge >= 0.3 is 0 Å². The molecule has 0 radical (unpaired) electrons. The van der Waals surface area contributed by atoms with E-state index < -0.39 is 22.7 Å². The first-order valence-corrected chi connectivity index (χ1v) is 14.6. The molecule has 0 spiro atoms. The van der Waals surface area contributed by atoms with Crippen molar-refractivity contribution in [3.05, 3.63) is 66.3 Å². The molecule has 8 rings (SSSR count). The van der Waals surface area contributed by atoms with Gasteiger partial charge in [-0.1, -0.05) is 64.1 Å². The molecule has 4 heteroatoms. The van der Waals surface area contributed by atoms with Crippen molar-refractivity contribution in [2.45, 2.75) is 83.7 Å². The molecule has 1 aromatic carbocycles. The first kappa shape index (κ1) is 24.8. The minimum atomic E-state index is -1.13. The zero-order valence-corrected chi connectivity index (χ0v) is 23.5. The highest BCUT2D eigenvalue weighted by atomic mass is 16.6. The predicted octanol–water partition coefficient (Wildman–Crippen LogP) is 6.09. The minimum Gasteiger partial charge on any atom is -0.490 e. The fraction of sp³-hybridized carbons (Fsp3) is 0.618. The maximum atomic E-state index is 15.0. The van der Waals surface area contributed by atoms with Gasteiger partial charge in [0.25, 0.3) is 0 Å². The molecule has 1 N–H and O–H groups in total. The molecule has 38 heavy (non-hydrogen) atoms. The number of carbonyl (C=O) groups is 1. The molecule has 0 aromatic heterocycles. The summed E-state index contributed by atoms with van der Waals surface area (Å²) in [7, 11) is 0. The summed E-state index contributed by atoms with van der Waals surface area (Å²) in [6.45, 7) is 20.2. The summed E-state index contributed by atoms with van der Waals surface area (Å²) in [6.07, 6.45) is 6.77. The normalized spacial score (nSPS) is 52.4. The van der Waals surface area contributed by atoms with Gasteiger partial charge in [0.2, 0.25) is 0 Å². The smallest absolute Gasteiger partial charge is 0.177 e. The first-order chi connectivity index (χ1) is 17.9. The number of hydrogen-bond acceptors (Lipinski definition) is 4. The Morgan fingerprint density at radius 3 is 2.47 bits per heavy atom. The van der Waals surface area contributed by atoms with Crippen molar-refractivity contribution in [2.24, 2.45) is 46.3 Å². The van der Waals surface area contributed by atoms with Gasteiger partial charge in [0.15, 0.2) is 11.4 Å². The maximum Gasteiger partial charge on any atom is 0.177 e. The lowest BCUT2D eigenvalue weighted by molar-refractivity contribution is -0.134. The lowest BCUT2D eigenvalue weighted by atomic mass is 9.53. The quantitative estimate of drug-likeness (QED) is 0.364. The third-order valence-corrected chi connectivity index (χ3v) is 11.8. The highest BCUT2D eigenvalue weighted by molar-refractivity contribution is 5.98. The molecule has 3 aliphatic heterocycles. The van der Waals surface area contributed by atoms with E-state index in [2.05, 4.69) is 78.1 Å². The van der Waals surface area contributed by atoms with Gasteiger partial charge in [-0.3, -0.25) is 4.79 Å². The van der Waals surface area contributed by atoms with Crippen molar-refractivity contribution in [1.29, 1.82) is 0 Å². The van der Waals surface area contributed by atoms with E-state index in [0.717, 1.165) is 23.3 Å². The lowest BCUT2D eigenvalue weighted by Gasteiger charge is -2.50. The van der Waals surface area contributed by atoms with Crippen LogP contribution in [0.15, 0.2) is 60.7 Å². The second kappa shape index (κ2) is 7.52. The van der Waals surface area contributed by atoms with Gasteiger partial charge in [0.05, 0.1) is 0 Å². The molecular formula is C34H42O4. The maximum absolute atomic E-state index is 15.0. The Labute approximate surface area is 227 Å². The average Bonchev–Trinajstić information content (AvgIpc) is 3.50. The molecule has 4 nitrogen and oxygen atoms in total. The molecule has 0 amide bonds. The Hall–Kier alpha value is -2.17. The monoisotopic (exact) mass is 514 g/mol. The number of allylic oxidation sites excluding steroid dienone is 3. The van der Waals surface area contributed by atoms with Gasteiger partial charge in [-0.15, -0.1) is 6.58 Å². The van der Waals surface area contributed by atoms with Gasteiger partial charge in [0.1, 0.15) is 23.6 Å². The second-order valence-electron chi connectivity index (χ2n) is 14.4. The van der Waals surface area contributed by atoms with Crippen LogP contribution in [0.4, 0.5) is 0 Å². The standard InChI is InChI=1S/C34H42O4/c1-8-31(6)15-20(4)25-24-27(31)29(35)34-21(5)16-33(36,30(34)38-34)17-22-9-11-23(12-10-22)37-28(24)26-19(3)13-18(2)14-32(25,26)7/h8-12,15,18-19,24-28,30,36H,1,5,13-14,16-17H2,2-4,6-7H3. The van der Waals surface area contributed by atoms with Crippen LogP contribution in [0.1, 0.15) is 59.4 Å². The number of fused-ring (bicyclic) bond motifs is 4. The topological polar surface area (TPSA) is 59.1 Å². The van der Waals surface area contributed by atoms with E-state index in [1.165, 1.54) is 12.0 Å². The summed E-state index contributed by atoms with van der Waals surface area (Å²) in [4.78, 5) is 15.0. The molecule has 12 atom stereocenters. The van der Waals surface area contributed by atoms with Crippen LogP contribution in [-0.4, -0.2) is 34.3 Å². The zero-order valence-electron chi connectivity index (χ0n) is 23.5. The Kier molecular flexibility index (Phi) is 4.91. The largest absolute Gasteiger partial charge is 0.490 e. The van der Waals surface area contributed by atoms with E-state index in [9.17, 15) is 5.11 Å². The summed E-state index contributed by atoms with van der Waals surface area (Å²) in [5.41, 5.74) is 0.335. The number of ether oxygens (including phenoxy) is 2. The average molecular weight is 515 g/mol. The van der Waals surface area contributed by atoms with Crippen LogP contribution in [-0.2, 0) is 16.0 Å². The number of epoxide rings is 1. The van der Waals surface area contributed by atoms with Gasteiger partial charge < -0.3 is 14.6 Å². The number of hydrogen-bond donors (Lipinski definition) is 1. The summed E-state index contributed by atoms with van der Waals surface area (Å²) < 4.78 is 13.4. The van der Waals surface area contributed by atoms with Crippen LogP contribution in [0.3, 0.4) is 0 Å². The minimum absolute atomic E-state index is 0.0144. The third kappa shape index (κ3) is 2.92.